The Labute approximate surface area is 182 Å². The summed E-state index contributed by atoms with van der Waals surface area (Å²) in [5.41, 5.74) is 6.87. The highest BCUT2D eigenvalue weighted by atomic mass is 35.5. The van der Waals surface area contributed by atoms with Crippen LogP contribution < -0.4 is 5.73 Å². The lowest BCUT2D eigenvalue weighted by Crippen LogP contribution is -2.37. The van der Waals surface area contributed by atoms with Crippen LogP contribution in [0.5, 0.6) is 0 Å². The van der Waals surface area contributed by atoms with Gasteiger partial charge in [-0.3, -0.25) is 4.79 Å². The third-order valence-corrected chi connectivity index (χ3v) is 7.80. The van der Waals surface area contributed by atoms with Gasteiger partial charge in [-0.1, -0.05) is 53.5 Å². The van der Waals surface area contributed by atoms with Gasteiger partial charge in [0.15, 0.2) is 0 Å². The highest BCUT2D eigenvalue weighted by molar-refractivity contribution is 7.93. The minimum Gasteiger partial charge on any atom is -0.320 e. The molecular weight excluding hydrogens is 460 g/mol. The van der Waals surface area contributed by atoms with E-state index in [-0.39, 0.29) is 23.5 Å². The van der Waals surface area contributed by atoms with Gasteiger partial charge in [0, 0.05) is 27.1 Å². The fraction of sp³-hybridized carbons (Fsp3) is 0.350. The van der Waals surface area contributed by atoms with Crippen molar-refractivity contribution < 1.29 is 22.2 Å². The largest absolute Gasteiger partial charge is 0.395 e. The Morgan fingerprint density at radius 2 is 1.83 bits per heavy atom. The van der Waals surface area contributed by atoms with Gasteiger partial charge in [-0.25, -0.2) is 4.21 Å². The molecule has 0 bridgehead atoms. The number of halogens is 5. The number of amides is 1. The highest BCUT2D eigenvalue weighted by Crippen LogP contribution is 2.39. The maximum atomic E-state index is 13.7. The molecule has 0 aliphatic carbocycles. The summed E-state index contributed by atoms with van der Waals surface area (Å²) in [6, 6.07) is 9.93. The van der Waals surface area contributed by atoms with Gasteiger partial charge < -0.3 is 5.73 Å². The normalized spacial score (nSPS) is 23.1. The molecule has 0 radical (unpaired) electrons. The quantitative estimate of drug-likeness (QED) is 0.623. The molecule has 2 aromatic carbocycles. The Morgan fingerprint density at radius 1 is 1.17 bits per heavy atom. The molecule has 0 spiro atoms. The number of rotatable bonds is 5. The van der Waals surface area contributed by atoms with Gasteiger partial charge in [0.1, 0.15) is 0 Å². The molecule has 1 amide bonds. The second-order valence-corrected chi connectivity index (χ2v) is 10.5. The van der Waals surface area contributed by atoms with Gasteiger partial charge in [0.05, 0.1) is 21.7 Å². The highest BCUT2D eigenvalue weighted by Gasteiger charge is 2.41. The van der Waals surface area contributed by atoms with Crippen LogP contribution in [0.15, 0.2) is 46.8 Å². The summed E-state index contributed by atoms with van der Waals surface area (Å²) >= 11 is 12.0. The van der Waals surface area contributed by atoms with Crippen LogP contribution in [0, 0.1) is 0 Å². The van der Waals surface area contributed by atoms with Gasteiger partial charge in [-0.05, 0) is 36.1 Å². The van der Waals surface area contributed by atoms with Crippen LogP contribution >= 0.6 is 23.2 Å². The average Bonchev–Trinajstić information content (AvgIpc) is 2.65. The SMILES string of the molecule is NC1CCS(=O)(CCC(c2ccc(-c3ccc(Cl)cc3Cl)cc2)C(F)(F)F)=NC1=O. The lowest BCUT2D eigenvalue weighted by molar-refractivity contribution is -0.150. The van der Waals surface area contributed by atoms with Gasteiger partial charge in [0.2, 0.25) is 0 Å². The number of carbonyl (C=O) groups is 1. The van der Waals surface area contributed by atoms with E-state index in [0.717, 1.165) is 0 Å². The van der Waals surface area contributed by atoms with Crippen LogP contribution in [0.2, 0.25) is 10.0 Å². The van der Waals surface area contributed by atoms with E-state index in [1.807, 2.05) is 0 Å². The van der Waals surface area contributed by atoms with Crippen LogP contribution in [0.4, 0.5) is 13.2 Å². The maximum Gasteiger partial charge on any atom is 0.395 e. The van der Waals surface area contributed by atoms with Gasteiger partial charge in [-0.15, -0.1) is 0 Å². The Kier molecular flexibility index (Phi) is 6.81. The molecule has 3 unspecified atom stereocenters. The second-order valence-electron chi connectivity index (χ2n) is 7.13. The number of alkyl halides is 3. The summed E-state index contributed by atoms with van der Waals surface area (Å²) in [5.74, 6) is -2.83. The van der Waals surface area contributed by atoms with Crippen molar-refractivity contribution in [1.82, 2.24) is 0 Å². The molecule has 2 aromatic rings. The molecule has 2 N–H and O–H groups in total. The Bertz CT molecular complexity index is 1060. The van der Waals surface area contributed by atoms with Crippen molar-refractivity contribution >= 4 is 38.8 Å². The molecule has 4 nitrogen and oxygen atoms in total. The molecule has 3 rings (SSSR count). The van der Waals surface area contributed by atoms with E-state index in [1.54, 1.807) is 30.3 Å². The first-order chi connectivity index (χ1) is 14.0. The zero-order valence-electron chi connectivity index (χ0n) is 15.7. The molecule has 0 fully saturated rings. The van der Waals surface area contributed by atoms with Crippen molar-refractivity contribution in [2.45, 2.75) is 31.0 Å². The number of benzene rings is 2. The molecule has 0 aromatic heterocycles. The van der Waals surface area contributed by atoms with E-state index in [4.69, 9.17) is 28.9 Å². The molecule has 0 saturated heterocycles. The molecule has 10 heteroatoms. The van der Waals surface area contributed by atoms with Gasteiger partial charge in [-0.2, -0.15) is 17.5 Å². The summed E-state index contributed by atoms with van der Waals surface area (Å²) < 4.78 is 57.4. The Hall–Kier alpha value is -1.61. The van der Waals surface area contributed by atoms with Gasteiger partial charge >= 0.3 is 6.18 Å². The van der Waals surface area contributed by atoms with Crippen molar-refractivity contribution in [2.24, 2.45) is 10.1 Å². The van der Waals surface area contributed by atoms with Crippen molar-refractivity contribution in [3.63, 3.8) is 0 Å². The molecule has 0 saturated carbocycles. The maximum absolute atomic E-state index is 13.7. The van der Waals surface area contributed by atoms with Crippen molar-refractivity contribution in [1.29, 1.82) is 0 Å². The predicted octanol–water partition coefficient (Wildman–Crippen LogP) is 5.42. The molecule has 1 aliphatic heterocycles. The minimum atomic E-state index is -4.54. The minimum absolute atomic E-state index is 0.0263. The fourth-order valence-electron chi connectivity index (χ4n) is 3.30. The lowest BCUT2D eigenvalue weighted by atomic mass is 9.93. The number of carbonyl (C=O) groups excluding carboxylic acids is 1. The fourth-order valence-corrected chi connectivity index (χ4v) is 5.89. The lowest BCUT2D eigenvalue weighted by Gasteiger charge is -2.23. The standard InChI is InChI=1S/C20H19Cl2F3N2O2S/c21-14-5-6-15(17(22)11-14)12-1-3-13(4-2-12)16(20(23,24)25)7-9-30(29)10-8-18(26)19(28)27-30/h1-6,11,16,18H,7-10,26H2. The van der Waals surface area contributed by atoms with Crippen molar-refractivity contribution in [2.75, 3.05) is 11.5 Å². The van der Waals surface area contributed by atoms with Crippen LogP contribution in [-0.2, 0) is 14.5 Å². The summed E-state index contributed by atoms with van der Waals surface area (Å²) in [4.78, 5) is 11.6. The third-order valence-electron chi connectivity index (χ3n) is 5.00. The first kappa shape index (κ1) is 23.1. The zero-order chi connectivity index (χ0) is 22.1. The monoisotopic (exact) mass is 478 g/mol. The molecule has 1 aliphatic rings. The molecule has 3 atom stereocenters. The van der Waals surface area contributed by atoms with E-state index in [1.165, 1.54) is 12.1 Å². The molecule has 162 valence electrons. The zero-order valence-corrected chi connectivity index (χ0v) is 18.0. The molecule has 1 heterocycles. The van der Waals surface area contributed by atoms with E-state index >= 15 is 0 Å². The first-order valence-electron chi connectivity index (χ1n) is 9.12. The predicted molar refractivity (Wildman–Crippen MR) is 113 cm³/mol. The van der Waals surface area contributed by atoms with Crippen LogP contribution in [0.3, 0.4) is 0 Å². The first-order valence-corrected chi connectivity index (χ1v) is 11.7. The Balaban J connectivity index is 1.83. The van der Waals surface area contributed by atoms with E-state index in [0.29, 0.717) is 21.2 Å². The Morgan fingerprint density at radius 3 is 2.40 bits per heavy atom. The summed E-state index contributed by atoms with van der Waals surface area (Å²) in [7, 11) is -3.03. The summed E-state index contributed by atoms with van der Waals surface area (Å²) in [6.07, 6.45) is -4.81. The molecule has 30 heavy (non-hydrogen) atoms. The van der Waals surface area contributed by atoms with Crippen LogP contribution in [0.1, 0.15) is 24.3 Å². The van der Waals surface area contributed by atoms with E-state index in [9.17, 15) is 22.2 Å². The summed E-state index contributed by atoms with van der Waals surface area (Å²) in [6.45, 7) is 0. The third kappa shape index (κ3) is 5.35. The molecular formula is C20H19Cl2F3N2O2S. The number of nitrogens with two attached hydrogens (primary N) is 1. The summed E-state index contributed by atoms with van der Waals surface area (Å²) in [5, 5.41) is 0.848. The number of nitrogens with zero attached hydrogens (tertiary/aromatic N) is 1. The number of hydrogen-bond donors (Lipinski definition) is 1. The number of hydrogen-bond acceptors (Lipinski definition) is 3. The van der Waals surface area contributed by atoms with Crippen molar-refractivity contribution in [3.8, 4) is 11.1 Å². The van der Waals surface area contributed by atoms with Gasteiger partial charge in [0.25, 0.3) is 5.91 Å². The average molecular weight is 479 g/mol. The second kappa shape index (κ2) is 8.86. The van der Waals surface area contributed by atoms with E-state index in [2.05, 4.69) is 4.36 Å². The van der Waals surface area contributed by atoms with E-state index < -0.39 is 40.2 Å². The van der Waals surface area contributed by atoms with Crippen LogP contribution in [0.25, 0.3) is 11.1 Å². The van der Waals surface area contributed by atoms with Crippen LogP contribution in [-0.4, -0.2) is 33.8 Å². The topological polar surface area (TPSA) is 72.5 Å². The van der Waals surface area contributed by atoms with Crippen molar-refractivity contribution in [3.05, 3.63) is 58.1 Å². The smallest absolute Gasteiger partial charge is 0.320 e.